The van der Waals surface area contributed by atoms with Gasteiger partial charge < -0.3 is 4.74 Å². The first-order valence-corrected chi connectivity index (χ1v) is 9.89. The molecule has 1 aromatic rings. The highest BCUT2D eigenvalue weighted by Crippen LogP contribution is 2.12. The van der Waals surface area contributed by atoms with E-state index in [0.29, 0.717) is 12.2 Å². The monoisotopic (exact) mass is 268 g/mol. The lowest BCUT2D eigenvalue weighted by atomic mass is 10.1. The Hall–Kier alpha value is -1.16. The third-order valence-corrected chi connectivity index (χ3v) is 4.36. The Balaban J connectivity index is 2.45. The van der Waals surface area contributed by atoms with E-state index in [4.69, 9.17) is 4.74 Å². The third-order valence-electron chi connectivity index (χ3n) is 2.66. The highest BCUT2D eigenvalue weighted by molar-refractivity contribution is 6.76. The number of benzene rings is 1. The number of aryl methyl sites for hydroxylation is 1. The summed E-state index contributed by atoms with van der Waals surface area (Å²) in [6.07, 6.45) is 0.0117. The van der Waals surface area contributed by atoms with Gasteiger partial charge in [0.05, 0.1) is 13.0 Å². The van der Waals surface area contributed by atoms with Gasteiger partial charge in [-0.25, -0.2) is 4.39 Å². The van der Waals surface area contributed by atoms with E-state index in [9.17, 15) is 9.18 Å². The summed E-state index contributed by atoms with van der Waals surface area (Å²) in [4.78, 5) is 11.6. The van der Waals surface area contributed by atoms with Gasteiger partial charge in [-0.05, 0) is 30.2 Å². The molecule has 0 heterocycles. The van der Waals surface area contributed by atoms with Crippen molar-refractivity contribution in [2.75, 3.05) is 6.61 Å². The van der Waals surface area contributed by atoms with E-state index in [1.165, 1.54) is 6.07 Å². The topological polar surface area (TPSA) is 26.3 Å². The van der Waals surface area contributed by atoms with Gasteiger partial charge in [-0.3, -0.25) is 4.79 Å². The number of hydrogen-bond acceptors (Lipinski definition) is 2. The summed E-state index contributed by atoms with van der Waals surface area (Å²) < 4.78 is 18.7. The van der Waals surface area contributed by atoms with E-state index >= 15 is 0 Å². The maximum Gasteiger partial charge on any atom is 0.310 e. The number of hydrogen-bond donors (Lipinski definition) is 0. The minimum atomic E-state index is -1.19. The number of carbonyl (C=O) groups excluding carboxylic acids is 1. The van der Waals surface area contributed by atoms with Crippen molar-refractivity contribution < 1.29 is 13.9 Å². The van der Waals surface area contributed by atoms with Gasteiger partial charge in [-0.1, -0.05) is 31.8 Å². The van der Waals surface area contributed by atoms with Crippen LogP contribution in [0.1, 0.15) is 11.1 Å². The molecule has 4 heteroatoms. The van der Waals surface area contributed by atoms with E-state index in [0.717, 1.165) is 11.6 Å². The first-order valence-electron chi connectivity index (χ1n) is 6.18. The second-order valence-electron chi connectivity index (χ2n) is 5.80. The molecule has 0 aliphatic carbocycles. The van der Waals surface area contributed by atoms with Crippen LogP contribution >= 0.6 is 0 Å². The standard InChI is InChI=1S/C14H21FO2Si/c1-11-5-6-12(13(15)9-11)10-14(16)17-7-8-18(2,3)4/h5-6,9H,7-8,10H2,1-4H3. The molecule has 2 nitrogen and oxygen atoms in total. The Morgan fingerprint density at radius 1 is 1.33 bits per heavy atom. The minimum absolute atomic E-state index is 0.0117. The van der Waals surface area contributed by atoms with Crippen molar-refractivity contribution in [1.29, 1.82) is 0 Å². The van der Waals surface area contributed by atoms with Crippen LogP contribution in [-0.4, -0.2) is 20.7 Å². The van der Waals surface area contributed by atoms with E-state index < -0.39 is 8.07 Å². The van der Waals surface area contributed by atoms with Gasteiger partial charge in [0.2, 0.25) is 0 Å². The maximum atomic E-state index is 13.5. The van der Waals surface area contributed by atoms with Crippen molar-refractivity contribution in [2.24, 2.45) is 0 Å². The van der Waals surface area contributed by atoms with E-state index in [1.807, 2.05) is 6.92 Å². The molecule has 100 valence electrons. The summed E-state index contributed by atoms with van der Waals surface area (Å²) in [6.45, 7) is 8.93. The zero-order valence-electron chi connectivity index (χ0n) is 11.5. The fourth-order valence-corrected chi connectivity index (χ4v) is 2.19. The normalized spacial score (nSPS) is 11.4. The Kier molecular flexibility index (Phi) is 5.08. The van der Waals surface area contributed by atoms with Gasteiger partial charge in [0.15, 0.2) is 0 Å². The Labute approximate surface area is 109 Å². The molecule has 0 N–H and O–H groups in total. The maximum absolute atomic E-state index is 13.5. The van der Waals surface area contributed by atoms with E-state index in [-0.39, 0.29) is 18.2 Å². The summed E-state index contributed by atoms with van der Waals surface area (Å²) in [5.41, 5.74) is 1.25. The predicted octanol–water partition coefficient (Wildman–Crippen LogP) is 3.56. The van der Waals surface area contributed by atoms with Gasteiger partial charge in [0, 0.05) is 8.07 Å². The fraction of sp³-hybridized carbons (Fsp3) is 0.500. The highest BCUT2D eigenvalue weighted by Gasteiger charge is 2.14. The van der Waals surface area contributed by atoms with Crippen molar-refractivity contribution in [1.82, 2.24) is 0 Å². The smallest absolute Gasteiger partial charge is 0.310 e. The fourth-order valence-electron chi connectivity index (χ4n) is 1.47. The molecule has 0 saturated carbocycles. The largest absolute Gasteiger partial charge is 0.466 e. The van der Waals surface area contributed by atoms with Crippen LogP contribution in [0.3, 0.4) is 0 Å². The zero-order chi connectivity index (χ0) is 13.8. The summed E-state index contributed by atoms with van der Waals surface area (Å²) in [6, 6.07) is 5.82. The second-order valence-corrected chi connectivity index (χ2v) is 11.4. The van der Waals surface area contributed by atoms with Gasteiger partial charge in [0.1, 0.15) is 5.82 Å². The molecule has 1 rings (SSSR count). The molecule has 0 aromatic heterocycles. The lowest BCUT2D eigenvalue weighted by Crippen LogP contribution is -2.23. The summed E-state index contributed by atoms with van der Waals surface area (Å²) in [5, 5.41) is 0. The first-order chi connectivity index (χ1) is 8.28. The molecular weight excluding hydrogens is 247 g/mol. The van der Waals surface area contributed by atoms with Crippen LogP contribution < -0.4 is 0 Å². The molecule has 0 unspecified atom stereocenters. The number of esters is 1. The first kappa shape index (κ1) is 14.9. The molecule has 0 saturated heterocycles. The van der Waals surface area contributed by atoms with Crippen molar-refractivity contribution in [3.8, 4) is 0 Å². The molecule has 0 aliphatic rings. The number of ether oxygens (including phenoxy) is 1. The van der Waals surface area contributed by atoms with E-state index in [1.54, 1.807) is 12.1 Å². The molecular formula is C14H21FO2Si. The van der Waals surface area contributed by atoms with Gasteiger partial charge >= 0.3 is 5.97 Å². The molecule has 0 fully saturated rings. The lowest BCUT2D eigenvalue weighted by molar-refractivity contribution is -0.142. The van der Waals surface area contributed by atoms with Gasteiger partial charge in [-0.2, -0.15) is 0 Å². The van der Waals surface area contributed by atoms with Crippen molar-refractivity contribution in [3.05, 3.63) is 35.1 Å². The van der Waals surface area contributed by atoms with Crippen LogP contribution in [0.25, 0.3) is 0 Å². The Morgan fingerprint density at radius 3 is 2.56 bits per heavy atom. The Morgan fingerprint density at radius 2 is 2.00 bits per heavy atom. The van der Waals surface area contributed by atoms with Crippen LogP contribution in [0.2, 0.25) is 25.7 Å². The number of halogens is 1. The number of carbonyl (C=O) groups is 1. The lowest BCUT2D eigenvalue weighted by Gasteiger charge is -2.15. The molecule has 0 bridgehead atoms. The van der Waals surface area contributed by atoms with Crippen LogP contribution in [-0.2, 0) is 16.0 Å². The molecule has 0 aliphatic heterocycles. The van der Waals surface area contributed by atoms with Crippen LogP contribution in [0.15, 0.2) is 18.2 Å². The molecule has 0 radical (unpaired) electrons. The number of rotatable bonds is 5. The van der Waals surface area contributed by atoms with Crippen LogP contribution in [0, 0.1) is 12.7 Å². The third kappa shape index (κ3) is 5.45. The second kappa shape index (κ2) is 6.14. The van der Waals surface area contributed by atoms with Crippen molar-refractivity contribution in [2.45, 2.75) is 39.0 Å². The van der Waals surface area contributed by atoms with Crippen LogP contribution in [0.4, 0.5) is 4.39 Å². The molecule has 0 spiro atoms. The minimum Gasteiger partial charge on any atom is -0.466 e. The molecule has 18 heavy (non-hydrogen) atoms. The zero-order valence-corrected chi connectivity index (χ0v) is 12.5. The van der Waals surface area contributed by atoms with Crippen LogP contribution in [0.5, 0.6) is 0 Å². The average Bonchev–Trinajstić information content (AvgIpc) is 2.20. The van der Waals surface area contributed by atoms with Crippen molar-refractivity contribution in [3.63, 3.8) is 0 Å². The molecule has 0 atom stereocenters. The SMILES string of the molecule is Cc1ccc(CC(=O)OCC[Si](C)(C)C)c(F)c1. The molecule has 1 aromatic carbocycles. The predicted molar refractivity (Wildman–Crippen MR) is 74.0 cm³/mol. The van der Waals surface area contributed by atoms with Crippen molar-refractivity contribution >= 4 is 14.0 Å². The Bertz CT molecular complexity index is 424. The average molecular weight is 268 g/mol. The van der Waals surface area contributed by atoms with E-state index in [2.05, 4.69) is 19.6 Å². The molecule has 0 amide bonds. The summed E-state index contributed by atoms with van der Waals surface area (Å²) in [5.74, 6) is -0.687. The summed E-state index contributed by atoms with van der Waals surface area (Å²) >= 11 is 0. The highest BCUT2D eigenvalue weighted by atomic mass is 28.3. The van der Waals surface area contributed by atoms with Gasteiger partial charge in [0.25, 0.3) is 0 Å². The quantitative estimate of drug-likeness (QED) is 0.603. The summed E-state index contributed by atoms with van der Waals surface area (Å²) in [7, 11) is -1.19. The van der Waals surface area contributed by atoms with Gasteiger partial charge in [-0.15, -0.1) is 0 Å².